The zero-order valence-corrected chi connectivity index (χ0v) is 13.7. The van der Waals surface area contributed by atoms with Crippen molar-refractivity contribution in [2.24, 2.45) is 7.05 Å². The van der Waals surface area contributed by atoms with Gasteiger partial charge in [0.25, 0.3) is 5.56 Å². The summed E-state index contributed by atoms with van der Waals surface area (Å²) in [4.78, 5) is 28.5. The zero-order chi connectivity index (χ0) is 16.8. The van der Waals surface area contributed by atoms with Crippen LogP contribution in [0, 0.1) is 5.82 Å². The van der Waals surface area contributed by atoms with Crippen molar-refractivity contribution in [2.75, 3.05) is 22.9 Å². The normalized spacial score (nSPS) is 22.5. The summed E-state index contributed by atoms with van der Waals surface area (Å²) >= 11 is 0. The monoisotopic (exact) mass is 330 g/mol. The summed E-state index contributed by atoms with van der Waals surface area (Å²) in [5.74, 6) is 0.768. The van der Waals surface area contributed by atoms with Gasteiger partial charge >= 0.3 is 0 Å². The molecule has 5 rings (SSSR count). The maximum atomic E-state index is 14.5. The van der Waals surface area contributed by atoms with E-state index in [1.54, 1.807) is 19.4 Å². The first kappa shape index (κ1) is 15.0. The van der Waals surface area contributed by atoms with Gasteiger partial charge in [-0.2, -0.15) is 0 Å². The molecule has 0 aromatic carbocycles. The number of fused-ring (bicyclic) bond motifs is 2. The molecule has 0 spiro atoms. The number of anilines is 2. The van der Waals surface area contributed by atoms with Crippen LogP contribution in [0.4, 0.5) is 16.0 Å². The van der Waals surface area contributed by atoms with Gasteiger partial charge in [-0.05, 0) is 12.8 Å². The first-order valence-corrected chi connectivity index (χ1v) is 8.13. The van der Waals surface area contributed by atoms with E-state index in [0.717, 1.165) is 6.42 Å². The van der Waals surface area contributed by atoms with Crippen molar-refractivity contribution in [1.82, 2.24) is 19.5 Å². The van der Waals surface area contributed by atoms with Gasteiger partial charge in [-0.15, -0.1) is 0 Å². The molecule has 0 saturated carbocycles. The Balaban J connectivity index is 1.57. The predicted molar refractivity (Wildman–Crippen MR) is 87.7 cm³/mol. The summed E-state index contributed by atoms with van der Waals surface area (Å²) in [6.45, 7) is 3.22. The average molecular weight is 330 g/mol. The highest BCUT2D eigenvalue weighted by Gasteiger charge is 2.46. The van der Waals surface area contributed by atoms with Gasteiger partial charge in [0.15, 0.2) is 11.6 Å². The Hall–Kier alpha value is -2.51. The van der Waals surface area contributed by atoms with Crippen LogP contribution in [0.25, 0.3) is 0 Å². The molecular formula is C16H19FN6O. The van der Waals surface area contributed by atoms with Crippen LogP contribution in [0.5, 0.6) is 0 Å². The van der Waals surface area contributed by atoms with Gasteiger partial charge < -0.3 is 14.4 Å². The van der Waals surface area contributed by atoms with Crippen LogP contribution in [0.2, 0.25) is 0 Å². The molecule has 3 aliphatic rings. The number of hydrogen-bond acceptors (Lipinski definition) is 6. The van der Waals surface area contributed by atoms with E-state index in [1.807, 2.05) is 11.8 Å². The Morgan fingerprint density at radius 2 is 2.00 bits per heavy atom. The van der Waals surface area contributed by atoms with Gasteiger partial charge in [0, 0.05) is 26.2 Å². The van der Waals surface area contributed by atoms with Gasteiger partial charge in [-0.1, -0.05) is 6.92 Å². The summed E-state index contributed by atoms with van der Waals surface area (Å²) in [6.07, 6.45) is 4.55. The quantitative estimate of drug-likeness (QED) is 0.827. The number of rotatable bonds is 3. The molecule has 3 aliphatic heterocycles. The average Bonchev–Trinajstić information content (AvgIpc) is 2.58. The maximum Gasteiger partial charge on any atom is 0.255 e. The van der Waals surface area contributed by atoms with Gasteiger partial charge in [-0.3, -0.25) is 4.79 Å². The summed E-state index contributed by atoms with van der Waals surface area (Å²) in [5.41, 5.74) is 0.376. The summed E-state index contributed by atoms with van der Waals surface area (Å²) < 4.78 is 15.9. The maximum absolute atomic E-state index is 14.5. The third-order valence-corrected chi connectivity index (χ3v) is 4.90. The van der Waals surface area contributed by atoms with E-state index < -0.39 is 0 Å². The van der Waals surface area contributed by atoms with E-state index in [-0.39, 0.29) is 23.5 Å². The van der Waals surface area contributed by atoms with E-state index in [2.05, 4.69) is 19.9 Å². The van der Waals surface area contributed by atoms with Crippen molar-refractivity contribution < 1.29 is 4.39 Å². The lowest BCUT2D eigenvalue weighted by Gasteiger charge is -2.57. The molecule has 0 aliphatic carbocycles. The minimum Gasteiger partial charge on any atom is -0.350 e. The molecule has 2 bridgehead atoms. The van der Waals surface area contributed by atoms with E-state index in [4.69, 9.17) is 0 Å². The van der Waals surface area contributed by atoms with Crippen molar-refractivity contribution in [3.05, 3.63) is 40.6 Å². The molecule has 3 fully saturated rings. The second-order valence-corrected chi connectivity index (χ2v) is 6.36. The topological polar surface area (TPSA) is 67.2 Å². The van der Waals surface area contributed by atoms with Gasteiger partial charge in [-0.25, -0.2) is 19.3 Å². The van der Waals surface area contributed by atoms with Gasteiger partial charge in [0.1, 0.15) is 12.1 Å². The number of nitrogens with zero attached hydrogens (tertiary/aromatic N) is 6. The van der Waals surface area contributed by atoms with Crippen molar-refractivity contribution >= 4 is 11.6 Å². The molecule has 3 saturated heterocycles. The first-order chi connectivity index (χ1) is 11.6. The fraction of sp³-hybridized carbons (Fsp3) is 0.500. The largest absolute Gasteiger partial charge is 0.350 e. The van der Waals surface area contributed by atoms with Crippen LogP contribution < -0.4 is 15.4 Å². The van der Waals surface area contributed by atoms with Crippen LogP contribution >= 0.6 is 0 Å². The molecule has 5 heterocycles. The third-order valence-electron chi connectivity index (χ3n) is 4.90. The second kappa shape index (κ2) is 5.54. The lowest BCUT2D eigenvalue weighted by Crippen LogP contribution is -2.69. The predicted octanol–water partition coefficient (Wildman–Crippen LogP) is 0.739. The number of aromatic nitrogens is 4. The highest BCUT2D eigenvalue weighted by Crippen LogP contribution is 2.37. The highest BCUT2D eigenvalue weighted by atomic mass is 19.1. The van der Waals surface area contributed by atoms with Crippen molar-refractivity contribution in [2.45, 2.75) is 31.8 Å². The molecule has 8 heteroatoms. The van der Waals surface area contributed by atoms with Crippen LogP contribution in [0.15, 0.2) is 23.5 Å². The lowest BCUT2D eigenvalue weighted by atomic mass is 9.87. The Bertz CT molecular complexity index is 826. The zero-order valence-electron chi connectivity index (χ0n) is 13.7. The Kier molecular flexibility index (Phi) is 3.47. The van der Waals surface area contributed by atoms with Crippen molar-refractivity contribution in [3.63, 3.8) is 0 Å². The molecule has 2 aromatic heterocycles. The number of piperidine rings is 1. The first-order valence-electron chi connectivity index (χ1n) is 8.13. The van der Waals surface area contributed by atoms with E-state index >= 15 is 0 Å². The summed E-state index contributed by atoms with van der Waals surface area (Å²) in [7, 11) is 1.68. The Labute approximate surface area is 138 Å². The Morgan fingerprint density at radius 1 is 1.25 bits per heavy atom. The number of piperazine rings is 1. The third kappa shape index (κ3) is 2.24. The Morgan fingerprint density at radius 3 is 2.67 bits per heavy atom. The van der Waals surface area contributed by atoms with E-state index in [9.17, 15) is 9.18 Å². The minimum atomic E-state index is -0.320. The molecule has 0 N–H and O–H groups in total. The standard InChI is InChI=1S/C16H19FN6O/c1-3-12-15(17)16(19-8-18-12)22-6-10-4-11(7-22)23(10)13-5-14(24)21(2)9-20-13/h5,8-11H,3-4,6-7H2,1-2H3. The number of aryl methyl sites for hydroxylation is 2. The van der Waals surface area contributed by atoms with Gasteiger partial charge in [0.2, 0.25) is 0 Å². The molecular weight excluding hydrogens is 311 g/mol. The second-order valence-electron chi connectivity index (χ2n) is 6.36. The minimum absolute atomic E-state index is 0.0729. The van der Waals surface area contributed by atoms with Crippen molar-refractivity contribution in [1.29, 1.82) is 0 Å². The fourth-order valence-electron chi connectivity index (χ4n) is 3.61. The smallest absolute Gasteiger partial charge is 0.255 e. The molecule has 0 radical (unpaired) electrons. The summed E-state index contributed by atoms with van der Waals surface area (Å²) in [5, 5.41) is 0. The van der Waals surface area contributed by atoms with Crippen molar-refractivity contribution in [3.8, 4) is 0 Å². The summed E-state index contributed by atoms with van der Waals surface area (Å²) in [6, 6.07) is 2.01. The highest BCUT2D eigenvalue weighted by molar-refractivity contribution is 5.52. The molecule has 126 valence electrons. The molecule has 7 nitrogen and oxygen atoms in total. The number of hydrogen-bond donors (Lipinski definition) is 0. The number of halogens is 1. The van der Waals surface area contributed by atoms with E-state index in [1.165, 1.54) is 10.9 Å². The molecule has 24 heavy (non-hydrogen) atoms. The van der Waals surface area contributed by atoms with E-state index in [0.29, 0.717) is 36.8 Å². The molecule has 0 amide bonds. The van der Waals surface area contributed by atoms with Crippen LogP contribution in [-0.4, -0.2) is 44.7 Å². The fourth-order valence-corrected chi connectivity index (χ4v) is 3.61. The van der Waals surface area contributed by atoms with Gasteiger partial charge in [0.05, 0.1) is 24.1 Å². The SMILES string of the molecule is CCc1ncnc(N2CC3CC(C2)N3c2cc(=O)n(C)cn2)c1F. The molecule has 2 unspecified atom stereocenters. The molecule has 2 atom stereocenters. The molecule has 2 aromatic rings. The van der Waals surface area contributed by atoms with Crippen LogP contribution in [-0.2, 0) is 13.5 Å². The lowest BCUT2D eigenvalue weighted by molar-refractivity contribution is 0.286. The van der Waals surface area contributed by atoms with Crippen LogP contribution in [0.3, 0.4) is 0 Å². The van der Waals surface area contributed by atoms with Crippen LogP contribution in [0.1, 0.15) is 19.0 Å².